The Morgan fingerprint density at radius 1 is 1.39 bits per heavy atom. The molecule has 92 valence electrons. The lowest BCUT2D eigenvalue weighted by Crippen LogP contribution is -2.46. The normalized spacial score (nSPS) is 22.2. The van der Waals surface area contributed by atoms with E-state index in [1.165, 1.54) is 6.08 Å². The van der Waals surface area contributed by atoms with Crippen LogP contribution in [0.3, 0.4) is 0 Å². The van der Waals surface area contributed by atoms with E-state index in [0.717, 1.165) is 5.56 Å². The second-order valence-electron chi connectivity index (χ2n) is 4.40. The smallest absolute Gasteiger partial charge is 0.244 e. The number of aliphatic hydroxyl groups is 1. The maximum absolute atomic E-state index is 11.5. The van der Waals surface area contributed by atoms with Crippen molar-refractivity contribution in [2.45, 2.75) is 25.0 Å². The molecule has 0 aromatic heterocycles. The molecule has 1 amide bonds. The molecule has 1 aromatic carbocycles. The first-order valence-electron chi connectivity index (χ1n) is 5.84. The predicted molar refractivity (Wildman–Crippen MR) is 67.4 cm³/mol. The summed E-state index contributed by atoms with van der Waals surface area (Å²) in [5, 5.41) is 20.5. The van der Waals surface area contributed by atoms with Crippen LogP contribution in [0.1, 0.15) is 24.0 Å². The number of aliphatic hydroxyl groups excluding tert-OH is 1. The SMILES string of the molecule is N#Cc1ccc(C=CC(=O)NC2CC(O)C2)cc1. The van der Waals surface area contributed by atoms with Gasteiger partial charge in [-0.3, -0.25) is 4.79 Å². The van der Waals surface area contributed by atoms with E-state index < -0.39 is 0 Å². The molecule has 0 aliphatic heterocycles. The summed E-state index contributed by atoms with van der Waals surface area (Å²) in [6.45, 7) is 0. The Hall–Kier alpha value is -2.12. The van der Waals surface area contributed by atoms with E-state index in [9.17, 15) is 4.79 Å². The van der Waals surface area contributed by atoms with Crippen molar-refractivity contribution in [1.29, 1.82) is 5.26 Å². The van der Waals surface area contributed by atoms with Gasteiger partial charge in [0.1, 0.15) is 0 Å². The molecule has 0 bridgehead atoms. The summed E-state index contributed by atoms with van der Waals surface area (Å²) in [7, 11) is 0. The standard InChI is InChI=1S/C14H14N2O2/c15-9-11-3-1-10(2-4-11)5-6-14(18)16-12-7-13(17)8-12/h1-6,12-13,17H,7-8H2,(H,16,18). The molecule has 1 aromatic rings. The van der Waals surface area contributed by atoms with Gasteiger partial charge in [-0.2, -0.15) is 5.26 Å². The highest BCUT2D eigenvalue weighted by Gasteiger charge is 2.27. The summed E-state index contributed by atoms with van der Waals surface area (Å²) in [4.78, 5) is 11.5. The first kappa shape index (κ1) is 12.3. The number of amides is 1. The first-order chi connectivity index (χ1) is 8.67. The van der Waals surface area contributed by atoms with Crippen LogP contribution in [0.4, 0.5) is 0 Å². The van der Waals surface area contributed by atoms with Crippen molar-refractivity contribution in [3.8, 4) is 6.07 Å². The molecule has 0 heterocycles. The van der Waals surface area contributed by atoms with Gasteiger partial charge in [0, 0.05) is 12.1 Å². The van der Waals surface area contributed by atoms with Crippen molar-refractivity contribution in [3.05, 3.63) is 41.5 Å². The van der Waals surface area contributed by atoms with Crippen LogP contribution < -0.4 is 5.32 Å². The van der Waals surface area contributed by atoms with Gasteiger partial charge >= 0.3 is 0 Å². The average molecular weight is 242 g/mol. The Kier molecular flexibility index (Phi) is 3.75. The van der Waals surface area contributed by atoms with Gasteiger partial charge in [-0.25, -0.2) is 0 Å². The number of benzene rings is 1. The number of hydrogen-bond donors (Lipinski definition) is 2. The minimum absolute atomic E-state index is 0.0955. The number of nitriles is 1. The van der Waals surface area contributed by atoms with Crippen LogP contribution in [0.2, 0.25) is 0 Å². The molecule has 0 unspecified atom stereocenters. The molecule has 1 fully saturated rings. The highest BCUT2D eigenvalue weighted by molar-refractivity contribution is 5.91. The van der Waals surface area contributed by atoms with Crippen molar-refractivity contribution in [3.63, 3.8) is 0 Å². The third kappa shape index (κ3) is 3.19. The van der Waals surface area contributed by atoms with Gasteiger partial charge in [-0.1, -0.05) is 12.1 Å². The van der Waals surface area contributed by atoms with Crippen LogP contribution in [-0.4, -0.2) is 23.2 Å². The fraction of sp³-hybridized carbons (Fsp3) is 0.286. The van der Waals surface area contributed by atoms with Crippen LogP contribution in [-0.2, 0) is 4.79 Å². The third-order valence-corrected chi connectivity index (χ3v) is 2.93. The van der Waals surface area contributed by atoms with Crippen molar-refractivity contribution in [2.24, 2.45) is 0 Å². The van der Waals surface area contributed by atoms with Crippen molar-refractivity contribution >= 4 is 12.0 Å². The van der Waals surface area contributed by atoms with Gasteiger partial charge < -0.3 is 10.4 Å². The number of rotatable bonds is 3. The fourth-order valence-corrected chi connectivity index (χ4v) is 1.80. The Labute approximate surface area is 106 Å². The van der Waals surface area contributed by atoms with Gasteiger partial charge in [0.25, 0.3) is 0 Å². The molecule has 0 spiro atoms. The molecule has 18 heavy (non-hydrogen) atoms. The minimum Gasteiger partial charge on any atom is -0.393 e. The summed E-state index contributed by atoms with van der Waals surface area (Å²) in [6.07, 6.45) is 4.17. The zero-order valence-electron chi connectivity index (χ0n) is 9.84. The second kappa shape index (κ2) is 5.48. The van der Waals surface area contributed by atoms with Crippen LogP contribution in [0.15, 0.2) is 30.3 Å². The highest BCUT2D eigenvalue weighted by atomic mass is 16.3. The molecule has 4 heteroatoms. The molecular formula is C14H14N2O2. The van der Waals surface area contributed by atoms with Crippen LogP contribution in [0, 0.1) is 11.3 Å². The fourth-order valence-electron chi connectivity index (χ4n) is 1.80. The van der Waals surface area contributed by atoms with E-state index >= 15 is 0 Å². The molecule has 1 saturated carbocycles. The number of hydrogen-bond acceptors (Lipinski definition) is 3. The maximum Gasteiger partial charge on any atom is 0.244 e. The zero-order chi connectivity index (χ0) is 13.0. The predicted octanol–water partition coefficient (Wildman–Crippen LogP) is 1.21. The van der Waals surface area contributed by atoms with Crippen molar-refractivity contribution in [1.82, 2.24) is 5.32 Å². The largest absolute Gasteiger partial charge is 0.393 e. The molecule has 0 radical (unpaired) electrons. The molecule has 2 N–H and O–H groups in total. The summed E-state index contributed by atoms with van der Waals surface area (Å²) < 4.78 is 0. The summed E-state index contributed by atoms with van der Waals surface area (Å²) in [5.74, 6) is -0.156. The number of carbonyl (C=O) groups excluding carboxylic acids is 1. The minimum atomic E-state index is -0.266. The van der Waals surface area contributed by atoms with E-state index in [4.69, 9.17) is 10.4 Å². The lowest BCUT2D eigenvalue weighted by atomic mass is 9.89. The van der Waals surface area contributed by atoms with Crippen molar-refractivity contribution in [2.75, 3.05) is 0 Å². The Bertz CT molecular complexity index is 494. The molecular weight excluding hydrogens is 228 g/mol. The van der Waals surface area contributed by atoms with Gasteiger partial charge in [-0.05, 0) is 36.6 Å². The summed E-state index contributed by atoms with van der Waals surface area (Å²) >= 11 is 0. The van der Waals surface area contributed by atoms with E-state index in [1.807, 2.05) is 6.07 Å². The van der Waals surface area contributed by atoms with Gasteiger partial charge in [-0.15, -0.1) is 0 Å². The van der Waals surface area contributed by atoms with E-state index in [1.54, 1.807) is 30.3 Å². The van der Waals surface area contributed by atoms with Crippen LogP contribution in [0.25, 0.3) is 6.08 Å². The Morgan fingerprint density at radius 2 is 2.06 bits per heavy atom. The second-order valence-corrected chi connectivity index (χ2v) is 4.40. The number of nitrogens with one attached hydrogen (secondary N) is 1. The molecule has 2 rings (SSSR count). The maximum atomic E-state index is 11.5. The van der Waals surface area contributed by atoms with Crippen LogP contribution in [0.5, 0.6) is 0 Å². The lowest BCUT2D eigenvalue weighted by molar-refractivity contribution is -0.118. The van der Waals surface area contributed by atoms with Crippen LogP contribution >= 0.6 is 0 Å². The number of nitrogens with zero attached hydrogens (tertiary/aromatic N) is 1. The lowest BCUT2D eigenvalue weighted by Gasteiger charge is -2.31. The molecule has 4 nitrogen and oxygen atoms in total. The quantitative estimate of drug-likeness (QED) is 0.782. The topological polar surface area (TPSA) is 73.1 Å². The zero-order valence-corrected chi connectivity index (χ0v) is 9.84. The monoisotopic (exact) mass is 242 g/mol. The summed E-state index contributed by atoms with van der Waals surface area (Å²) in [5.41, 5.74) is 1.47. The Morgan fingerprint density at radius 3 is 2.61 bits per heavy atom. The third-order valence-electron chi connectivity index (χ3n) is 2.93. The van der Waals surface area contributed by atoms with E-state index in [-0.39, 0.29) is 18.1 Å². The van der Waals surface area contributed by atoms with E-state index in [0.29, 0.717) is 18.4 Å². The molecule has 1 aliphatic carbocycles. The van der Waals surface area contributed by atoms with E-state index in [2.05, 4.69) is 5.32 Å². The molecule has 0 saturated heterocycles. The average Bonchev–Trinajstić information content (AvgIpc) is 2.35. The Balaban J connectivity index is 1.86. The highest BCUT2D eigenvalue weighted by Crippen LogP contribution is 2.19. The number of carbonyl (C=O) groups is 1. The molecule has 1 aliphatic rings. The summed E-state index contributed by atoms with van der Waals surface area (Å²) in [6, 6.07) is 9.12. The molecule has 0 atom stereocenters. The van der Waals surface area contributed by atoms with Gasteiger partial charge in [0.15, 0.2) is 0 Å². The van der Waals surface area contributed by atoms with Gasteiger partial charge in [0.05, 0.1) is 17.7 Å². The first-order valence-corrected chi connectivity index (χ1v) is 5.84. The van der Waals surface area contributed by atoms with Gasteiger partial charge in [0.2, 0.25) is 5.91 Å². The van der Waals surface area contributed by atoms with Crippen molar-refractivity contribution < 1.29 is 9.90 Å².